The number of nitrogens with zero attached hydrogens (tertiary/aromatic N) is 5. The third kappa shape index (κ3) is 6.28. The number of ether oxygens (including phenoxy) is 1. The Morgan fingerprint density at radius 1 is 1.13 bits per heavy atom. The molecule has 9 nitrogen and oxygen atoms in total. The Hall–Kier alpha value is -3.56. The molecule has 0 spiro atoms. The summed E-state index contributed by atoms with van der Waals surface area (Å²) in [5.41, 5.74) is 10.8. The molecule has 2 heterocycles. The Kier molecular flexibility index (Phi) is 9.25. The Morgan fingerprint density at radius 3 is 2.53 bits per heavy atom. The third-order valence-corrected chi connectivity index (χ3v) is 7.16. The summed E-state index contributed by atoms with van der Waals surface area (Å²) in [5, 5.41) is 14.8. The predicted molar refractivity (Wildman–Crippen MR) is 147 cm³/mol. The maximum atomic E-state index is 12.5. The largest absolute Gasteiger partial charge is 0.458 e. The summed E-state index contributed by atoms with van der Waals surface area (Å²) in [4.78, 5) is 17.1. The number of nitrogens with one attached hydrogen (secondary N) is 1. The number of aromatic nitrogens is 6. The van der Waals surface area contributed by atoms with Crippen LogP contribution in [0.15, 0.2) is 48.5 Å². The first kappa shape index (κ1) is 27.5. The number of unbranched alkanes of at least 4 members (excludes halogenated alkanes) is 1. The fourth-order valence-electron chi connectivity index (χ4n) is 4.26. The van der Waals surface area contributed by atoms with Gasteiger partial charge < -0.3 is 15.0 Å². The van der Waals surface area contributed by atoms with E-state index in [1.54, 1.807) is 0 Å². The summed E-state index contributed by atoms with van der Waals surface area (Å²) >= 11 is 6.55. The lowest BCUT2D eigenvalue weighted by molar-refractivity contribution is -0.148. The van der Waals surface area contributed by atoms with E-state index in [0.717, 1.165) is 53.8 Å². The summed E-state index contributed by atoms with van der Waals surface area (Å²) in [5.74, 6) is 1.03. The van der Waals surface area contributed by atoms with Gasteiger partial charge in [0.2, 0.25) is 5.82 Å². The molecule has 0 amide bonds. The zero-order chi connectivity index (χ0) is 27.1. The van der Waals surface area contributed by atoms with Crippen molar-refractivity contribution >= 4 is 17.6 Å². The van der Waals surface area contributed by atoms with Gasteiger partial charge in [0.25, 0.3) is 0 Å². The predicted octanol–water partition coefficient (Wildman–Crippen LogP) is 5.19. The Morgan fingerprint density at radius 2 is 1.87 bits per heavy atom. The summed E-state index contributed by atoms with van der Waals surface area (Å²) in [6.45, 7) is 6.65. The molecule has 0 aliphatic rings. The Bertz CT molecular complexity index is 1340. The van der Waals surface area contributed by atoms with E-state index < -0.39 is 12.0 Å². The highest BCUT2D eigenvalue weighted by atomic mass is 35.5. The average Bonchev–Trinajstić information content (AvgIpc) is 3.58. The maximum Gasteiger partial charge on any atom is 0.323 e. The van der Waals surface area contributed by atoms with E-state index in [2.05, 4.69) is 61.4 Å². The van der Waals surface area contributed by atoms with E-state index in [9.17, 15) is 4.79 Å². The number of hydrogen-bond donors (Lipinski definition) is 2. The molecule has 3 N–H and O–H groups in total. The molecule has 0 fully saturated rings. The van der Waals surface area contributed by atoms with Crippen molar-refractivity contribution in [3.05, 3.63) is 70.8 Å². The molecule has 2 aromatic heterocycles. The van der Waals surface area contributed by atoms with Gasteiger partial charge in [0.15, 0.2) is 5.15 Å². The molecule has 2 aromatic carbocycles. The third-order valence-electron chi connectivity index (χ3n) is 6.86. The van der Waals surface area contributed by atoms with Crippen molar-refractivity contribution < 1.29 is 9.53 Å². The molecule has 0 bridgehead atoms. The number of imidazole rings is 1. The van der Waals surface area contributed by atoms with Gasteiger partial charge in [0.05, 0.1) is 5.69 Å². The van der Waals surface area contributed by atoms with Gasteiger partial charge in [-0.3, -0.25) is 4.79 Å². The van der Waals surface area contributed by atoms with Crippen LogP contribution in [0.4, 0.5) is 0 Å². The van der Waals surface area contributed by atoms with Gasteiger partial charge in [-0.1, -0.05) is 93.7 Å². The number of aromatic amines is 1. The van der Waals surface area contributed by atoms with Gasteiger partial charge in [0, 0.05) is 18.5 Å². The molecular weight excluding hydrogens is 502 g/mol. The van der Waals surface area contributed by atoms with Crippen LogP contribution in [-0.4, -0.2) is 42.2 Å². The van der Waals surface area contributed by atoms with Crippen LogP contribution in [0.2, 0.25) is 5.15 Å². The number of carbonyl (C=O) groups is 1. The highest BCUT2D eigenvalue weighted by molar-refractivity contribution is 6.30. The first-order valence-corrected chi connectivity index (χ1v) is 13.4. The van der Waals surface area contributed by atoms with E-state index in [1.807, 2.05) is 38.1 Å². The lowest BCUT2D eigenvalue weighted by Gasteiger charge is -2.18. The summed E-state index contributed by atoms with van der Waals surface area (Å²) in [7, 11) is 0. The van der Waals surface area contributed by atoms with Crippen molar-refractivity contribution in [2.45, 2.75) is 65.6 Å². The molecular formula is C28H34ClN7O2. The highest BCUT2D eigenvalue weighted by Crippen LogP contribution is 2.30. The molecule has 2 atom stereocenters. The number of benzene rings is 2. The number of esters is 1. The lowest BCUT2D eigenvalue weighted by Crippen LogP contribution is -2.38. The maximum absolute atomic E-state index is 12.5. The minimum absolute atomic E-state index is 0.0249. The van der Waals surface area contributed by atoms with Crippen LogP contribution in [-0.2, 0) is 29.1 Å². The standard InChI is InChI=1S/C28H34ClN7O2/c1-4-6-11-24-31-26(29)23(17-38-28(37)25(30)18(3)5-2)36(24)16-19-12-14-20(15-13-19)21-9-7-8-10-22(21)27-32-34-35-33-27/h7-10,12-15,18,25H,4-6,11,16-17,30H2,1-3H3,(H,32,33,34,35)/t18?,25-/m0/s1. The van der Waals surface area contributed by atoms with E-state index in [4.69, 9.17) is 22.1 Å². The van der Waals surface area contributed by atoms with Gasteiger partial charge in [0.1, 0.15) is 18.5 Å². The molecule has 1 unspecified atom stereocenters. The molecule has 0 aliphatic heterocycles. The Balaban J connectivity index is 1.57. The number of carbonyl (C=O) groups excluding carboxylic acids is 1. The highest BCUT2D eigenvalue weighted by Gasteiger charge is 2.23. The lowest BCUT2D eigenvalue weighted by atomic mass is 9.98. The van der Waals surface area contributed by atoms with E-state index >= 15 is 0 Å². The SMILES string of the molecule is CCCCc1nc(Cl)c(COC(=O)[C@@H](N)C(C)CC)n1Cc1ccc(-c2ccccc2-c2nn[nH]n2)cc1. The van der Waals surface area contributed by atoms with Crippen LogP contribution in [0, 0.1) is 5.92 Å². The Labute approximate surface area is 227 Å². The number of rotatable bonds is 12. The molecule has 0 aliphatic carbocycles. The van der Waals surface area contributed by atoms with E-state index in [1.165, 1.54) is 0 Å². The molecule has 0 radical (unpaired) electrons. The minimum Gasteiger partial charge on any atom is -0.458 e. The molecule has 4 aromatic rings. The van der Waals surface area contributed by atoms with Gasteiger partial charge in [-0.2, -0.15) is 5.21 Å². The molecule has 200 valence electrons. The van der Waals surface area contributed by atoms with Gasteiger partial charge in [-0.05, 0) is 34.2 Å². The number of aryl methyl sites for hydroxylation is 1. The topological polar surface area (TPSA) is 125 Å². The van der Waals surface area contributed by atoms with E-state index in [0.29, 0.717) is 23.2 Å². The second kappa shape index (κ2) is 12.8. The first-order chi connectivity index (χ1) is 18.4. The minimum atomic E-state index is -0.669. The zero-order valence-electron chi connectivity index (χ0n) is 22.0. The van der Waals surface area contributed by atoms with E-state index in [-0.39, 0.29) is 12.5 Å². The molecule has 4 rings (SSSR count). The van der Waals surface area contributed by atoms with Crippen molar-refractivity contribution in [2.75, 3.05) is 0 Å². The number of halogens is 1. The van der Waals surface area contributed by atoms with Crippen molar-refractivity contribution in [1.29, 1.82) is 0 Å². The second-order valence-electron chi connectivity index (χ2n) is 9.45. The van der Waals surface area contributed by atoms with Gasteiger partial charge in [-0.15, -0.1) is 10.2 Å². The smallest absolute Gasteiger partial charge is 0.323 e. The first-order valence-electron chi connectivity index (χ1n) is 13.0. The summed E-state index contributed by atoms with van der Waals surface area (Å²) in [6, 6.07) is 15.6. The molecule has 38 heavy (non-hydrogen) atoms. The zero-order valence-corrected chi connectivity index (χ0v) is 22.8. The van der Waals surface area contributed by atoms with Crippen molar-refractivity contribution in [2.24, 2.45) is 11.7 Å². The summed E-state index contributed by atoms with van der Waals surface area (Å²) in [6.07, 6.45) is 3.60. The second-order valence-corrected chi connectivity index (χ2v) is 9.81. The van der Waals surface area contributed by atoms with Crippen LogP contribution in [0.25, 0.3) is 22.5 Å². The van der Waals surface area contributed by atoms with Crippen LogP contribution in [0.3, 0.4) is 0 Å². The van der Waals surface area contributed by atoms with Crippen LogP contribution in [0.5, 0.6) is 0 Å². The molecule has 10 heteroatoms. The van der Waals surface area contributed by atoms with Gasteiger partial charge >= 0.3 is 5.97 Å². The monoisotopic (exact) mass is 535 g/mol. The number of hydrogen-bond acceptors (Lipinski definition) is 7. The van der Waals surface area contributed by atoms with Crippen LogP contribution < -0.4 is 5.73 Å². The number of tetrazole rings is 1. The fourth-order valence-corrected chi connectivity index (χ4v) is 4.51. The fraction of sp³-hybridized carbons (Fsp3) is 0.393. The molecule has 0 saturated carbocycles. The van der Waals surface area contributed by atoms with Crippen molar-refractivity contribution in [1.82, 2.24) is 30.2 Å². The van der Waals surface area contributed by atoms with Crippen LogP contribution in [0.1, 0.15) is 57.1 Å². The normalized spacial score (nSPS) is 12.9. The van der Waals surface area contributed by atoms with Crippen molar-refractivity contribution in [3.63, 3.8) is 0 Å². The van der Waals surface area contributed by atoms with Gasteiger partial charge in [-0.25, -0.2) is 4.98 Å². The van der Waals surface area contributed by atoms with Crippen LogP contribution >= 0.6 is 11.6 Å². The molecule has 0 saturated heterocycles. The summed E-state index contributed by atoms with van der Waals surface area (Å²) < 4.78 is 7.64. The quantitative estimate of drug-likeness (QED) is 0.239. The average molecular weight is 536 g/mol. The number of H-pyrrole nitrogens is 1. The van der Waals surface area contributed by atoms with Crippen molar-refractivity contribution in [3.8, 4) is 22.5 Å². The number of nitrogens with two attached hydrogens (primary N) is 1.